The molecule has 1 saturated heterocycles. The van der Waals surface area contributed by atoms with E-state index in [4.69, 9.17) is 4.74 Å². The quantitative estimate of drug-likeness (QED) is 0.161. The van der Waals surface area contributed by atoms with Crippen molar-refractivity contribution in [2.75, 3.05) is 31.7 Å². The molecule has 5 nitrogen and oxygen atoms in total. The number of carbonyl (C=O) groups is 1. The summed E-state index contributed by atoms with van der Waals surface area (Å²) in [4.78, 5) is 16.2. The Kier molecular flexibility index (Phi) is 8.19. The van der Waals surface area contributed by atoms with E-state index in [9.17, 15) is 23.2 Å². The molecule has 0 amide bonds. The van der Waals surface area contributed by atoms with Crippen LogP contribution in [-0.4, -0.2) is 55.9 Å². The van der Waals surface area contributed by atoms with Gasteiger partial charge in [0.15, 0.2) is 5.78 Å². The van der Waals surface area contributed by atoms with Crippen LogP contribution in [-0.2, 0) is 9.53 Å². The van der Waals surface area contributed by atoms with Crippen molar-refractivity contribution in [1.29, 1.82) is 0 Å². The maximum absolute atomic E-state index is 16.0. The van der Waals surface area contributed by atoms with Gasteiger partial charge in [-0.25, -0.2) is 4.39 Å². The predicted octanol–water partition coefficient (Wildman–Crippen LogP) is 7.55. The zero-order valence-electron chi connectivity index (χ0n) is 25.4. The number of fused-ring (bicyclic) bond motifs is 4. The third-order valence-corrected chi connectivity index (χ3v) is 11.3. The van der Waals surface area contributed by atoms with Crippen LogP contribution in [0.4, 0.5) is 23.2 Å². The van der Waals surface area contributed by atoms with Crippen LogP contribution < -0.4 is 4.90 Å². The lowest BCUT2D eigenvalue weighted by Crippen LogP contribution is -2.52. The highest BCUT2D eigenvalue weighted by molar-refractivity contribution is 5.97. The molecule has 6 rings (SSSR count). The Morgan fingerprint density at radius 3 is 2.55 bits per heavy atom. The average molecular weight is 613 g/mol. The molecule has 1 unspecified atom stereocenters. The van der Waals surface area contributed by atoms with Crippen molar-refractivity contribution >= 4 is 17.2 Å². The largest absolute Gasteiger partial charge is 0.457 e. The minimum Gasteiger partial charge on any atom is -0.411 e. The maximum atomic E-state index is 16.0. The molecule has 0 spiro atoms. The fraction of sp³-hybridized carbons (Fsp3) is 0.600. The summed E-state index contributed by atoms with van der Waals surface area (Å²) in [5, 5.41) is 12.8. The first-order valence-corrected chi connectivity index (χ1v) is 15.8. The van der Waals surface area contributed by atoms with Gasteiger partial charge in [0.1, 0.15) is 12.8 Å². The van der Waals surface area contributed by atoms with Gasteiger partial charge in [0, 0.05) is 37.7 Å². The molecule has 1 heterocycles. The fourth-order valence-electron chi connectivity index (χ4n) is 9.29. The van der Waals surface area contributed by atoms with E-state index in [1.807, 2.05) is 6.92 Å². The number of hydrogen-bond donors (Lipinski definition) is 1. The lowest BCUT2D eigenvalue weighted by atomic mass is 9.48. The Balaban J connectivity index is 1.51. The maximum Gasteiger partial charge on any atom is 0.457 e. The molecule has 6 atom stereocenters. The number of benzene rings is 1. The van der Waals surface area contributed by atoms with Crippen LogP contribution in [0.1, 0.15) is 76.2 Å². The summed E-state index contributed by atoms with van der Waals surface area (Å²) in [5.41, 5.74) is 2.73. The van der Waals surface area contributed by atoms with Crippen LogP contribution in [0.25, 0.3) is 0 Å². The first-order valence-electron chi connectivity index (χ1n) is 15.8. The molecule has 4 aliphatic carbocycles. The van der Waals surface area contributed by atoms with E-state index >= 15 is 4.39 Å². The van der Waals surface area contributed by atoms with E-state index in [0.29, 0.717) is 37.0 Å². The molecule has 3 fully saturated rings. The number of ether oxygens (including phenoxy) is 1. The van der Waals surface area contributed by atoms with Crippen LogP contribution in [0.15, 0.2) is 52.2 Å². The number of hydrogen-bond acceptors (Lipinski definition) is 5. The van der Waals surface area contributed by atoms with Gasteiger partial charge < -0.3 is 14.8 Å². The van der Waals surface area contributed by atoms with Crippen molar-refractivity contribution < 1.29 is 32.3 Å². The molecule has 0 aromatic heterocycles. The van der Waals surface area contributed by atoms with E-state index in [-0.39, 0.29) is 37.2 Å². The number of piperidine rings is 1. The lowest BCUT2D eigenvalue weighted by Gasteiger charge is -2.55. The Morgan fingerprint density at radius 2 is 1.89 bits per heavy atom. The summed E-state index contributed by atoms with van der Waals surface area (Å²) in [6.07, 6.45) is 1.41. The first-order chi connectivity index (χ1) is 21.0. The summed E-state index contributed by atoms with van der Waals surface area (Å²) >= 11 is 0. The predicted molar refractivity (Wildman–Crippen MR) is 160 cm³/mol. The van der Waals surface area contributed by atoms with Gasteiger partial charge in [0.05, 0.1) is 11.1 Å². The number of alkyl halides is 4. The van der Waals surface area contributed by atoms with Gasteiger partial charge in [0.2, 0.25) is 0 Å². The fourth-order valence-corrected chi connectivity index (χ4v) is 9.29. The minimum atomic E-state index is -4.75. The number of ketones is 1. The highest BCUT2D eigenvalue weighted by Crippen LogP contribution is 2.70. The molecule has 1 N–H and O–H groups in total. The molecule has 1 aliphatic heterocycles. The molecule has 0 bridgehead atoms. The van der Waals surface area contributed by atoms with E-state index in [1.165, 1.54) is 19.5 Å². The first kappa shape index (κ1) is 30.9. The van der Waals surface area contributed by atoms with Crippen molar-refractivity contribution in [3.05, 3.63) is 52.6 Å². The van der Waals surface area contributed by atoms with E-state index < -0.39 is 29.0 Å². The summed E-state index contributed by atoms with van der Waals surface area (Å²) < 4.78 is 61.9. The summed E-state index contributed by atoms with van der Waals surface area (Å²) in [5.74, 6) is 2.83. The monoisotopic (exact) mass is 612 g/mol. The Hall–Kier alpha value is -3.12. The van der Waals surface area contributed by atoms with Crippen LogP contribution >= 0.6 is 0 Å². The smallest absolute Gasteiger partial charge is 0.411 e. The van der Waals surface area contributed by atoms with Crippen molar-refractivity contribution in [3.63, 3.8) is 0 Å². The number of carbonyl (C=O) groups excluding carboxylic acids is 1. The van der Waals surface area contributed by atoms with Gasteiger partial charge in [-0.05, 0) is 110 Å². The van der Waals surface area contributed by atoms with E-state index in [1.54, 1.807) is 6.08 Å². The van der Waals surface area contributed by atoms with E-state index in [2.05, 4.69) is 40.2 Å². The number of nitrogens with zero attached hydrogens (tertiary/aromatic N) is 2. The number of allylic oxidation sites excluding steroid dienone is 4. The summed E-state index contributed by atoms with van der Waals surface area (Å²) in [7, 11) is 1.36. The highest BCUT2D eigenvalue weighted by atomic mass is 19.4. The van der Waals surface area contributed by atoms with Crippen LogP contribution in [0.3, 0.4) is 0 Å². The SMILES string of the molecule is COCC(=O)[C@@]1(C#CC(F)(F)F)CC[C@H]2[C@@H]3CC(F)C4=CC(=NO)CCC4=C3[C@@H](c3ccc(N4CCCCC4)cc3)C[C@@]21C. The number of rotatable bonds is 5. The van der Waals surface area contributed by atoms with Gasteiger partial charge in [0.25, 0.3) is 0 Å². The van der Waals surface area contributed by atoms with Crippen molar-refractivity contribution in [2.24, 2.45) is 27.8 Å². The molecule has 5 aliphatic rings. The second-order valence-corrected chi connectivity index (χ2v) is 13.4. The summed E-state index contributed by atoms with van der Waals surface area (Å²) in [6, 6.07) is 8.44. The molecular formula is C35H40F4N2O3. The Morgan fingerprint density at radius 1 is 1.16 bits per heavy atom. The van der Waals surface area contributed by atoms with Gasteiger partial charge in [-0.15, -0.1) is 0 Å². The van der Waals surface area contributed by atoms with Crippen molar-refractivity contribution in [2.45, 2.75) is 83.0 Å². The molecular weight excluding hydrogens is 572 g/mol. The molecule has 1 aromatic carbocycles. The zero-order chi connectivity index (χ0) is 31.3. The van der Waals surface area contributed by atoms with Gasteiger partial charge in [-0.1, -0.05) is 35.7 Å². The standard InChI is InChI=1S/C35H40F4N2O3/c1-33-20-28(22-6-9-24(10-7-22)41-16-4-3-5-17-41)32-25-11-8-23(40-43)18-26(25)30(36)19-27(32)29(33)12-13-34(33,31(42)21-44-2)14-15-35(37,38)39/h6-7,9-10,18,27-30,43H,3-5,8,11-13,16-17,19-21H2,1-2H3/t27-,28+,29-,30?,33-,34-/m0/s1. The topological polar surface area (TPSA) is 62.1 Å². The lowest BCUT2D eigenvalue weighted by molar-refractivity contribution is -0.136. The minimum absolute atomic E-state index is 0.174. The normalized spacial score (nSPS) is 34.5. The van der Waals surface area contributed by atoms with Crippen molar-refractivity contribution in [1.82, 2.24) is 0 Å². The van der Waals surface area contributed by atoms with Crippen LogP contribution in [0.2, 0.25) is 0 Å². The molecule has 236 valence electrons. The number of methoxy groups -OCH3 is 1. The highest BCUT2D eigenvalue weighted by Gasteiger charge is 2.66. The summed E-state index contributed by atoms with van der Waals surface area (Å²) in [6.45, 7) is 3.59. The number of halogens is 4. The van der Waals surface area contributed by atoms with E-state index in [0.717, 1.165) is 48.3 Å². The van der Waals surface area contributed by atoms with Gasteiger partial charge in [-0.2, -0.15) is 13.2 Å². The second-order valence-electron chi connectivity index (χ2n) is 13.4. The number of anilines is 1. The third kappa shape index (κ3) is 5.17. The molecule has 9 heteroatoms. The van der Waals surface area contributed by atoms with Gasteiger partial charge >= 0.3 is 6.18 Å². The average Bonchev–Trinajstić information content (AvgIpc) is 3.32. The molecule has 0 radical (unpaired) electrons. The van der Waals surface area contributed by atoms with Crippen LogP contribution in [0.5, 0.6) is 0 Å². The Bertz CT molecular complexity index is 1450. The molecule has 1 aromatic rings. The van der Waals surface area contributed by atoms with Crippen molar-refractivity contribution in [3.8, 4) is 11.8 Å². The number of Topliss-reactive ketones (excluding diaryl/α,β-unsaturated/α-hetero) is 1. The van der Waals surface area contributed by atoms with Gasteiger partial charge in [-0.3, -0.25) is 4.79 Å². The zero-order valence-corrected chi connectivity index (χ0v) is 25.4. The third-order valence-electron chi connectivity index (χ3n) is 11.3. The van der Waals surface area contributed by atoms with Crippen LogP contribution in [0, 0.1) is 34.5 Å². The molecule has 44 heavy (non-hydrogen) atoms. The number of oxime groups is 1. The molecule has 2 saturated carbocycles. The Labute approximate surface area is 256 Å². The second kappa shape index (κ2) is 11.7.